The summed E-state index contributed by atoms with van der Waals surface area (Å²) in [5, 5.41) is 13.3. The zero-order valence-electron chi connectivity index (χ0n) is 9.97. The molecule has 0 fully saturated rings. The van der Waals surface area contributed by atoms with E-state index >= 15 is 0 Å². The van der Waals surface area contributed by atoms with E-state index in [9.17, 15) is 19.3 Å². The number of hydrogen-bond acceptors (Lipinski definition) is 3. The molecule has 0 aliphatic carbocycles. The Kier molecular flexibility index (Phi) is 4.28. The molecule has 0 unspecified atom stereocenters. The van der Waals surface area contributed by atoms with Crippen LogP contribution in [0, 0.1) is 19.5 Å². The summed E-state index contributed by atoms with van der Waals surface area (Å²) in [6.45, 7) is 0. The van der Waals surface area contributed by atoms with Gasteiger partial charge in [-0.2, -0.15) is 0 Å². The number of nitrogens with one attached hydrogen (secondary N) is 1. The van der Waals surface area contributed by atoms with E-state index in [-0.39, 0.29) is 5.56 Å². The van der Waals surface area contributed by atoms with E-state index in [1.165, 1.54) is 0 Å². The van der Waals surface area contributed by atoms with Crippen LogP contribution in [0.25, 0.3) is 0 Å². The molecule has 1 N–H and O–H groups in total. The monoisotopic (exact) mass is 386 g/mol. The summed E-state index contributed by atoms with van der Waals surface area (Å²) in [4.78, 5) is 22.1. The van der Waals surface area contributed by atoms with Gasteiger partial charge in [0.25, 0.3) is 11.6 Å². The van der Waals surface area contributed by atoms with Crippen LogP contribution < -0.4 is 5.32 Å². The average molecular weight is 386 g/mol. The molecule has 1 amide bonds. The van der Waals surface area contributed by atoms with Gasteiger partial charge >= 0.3 is 0 Å². The summed E-state index contributed by atoms with van der Waals surface area (Å²) < 4.78 is 14.1. The molecule has 2 rings (SSSR count). The van der Waals surface area contributed by atoms with Crippen molar-refractivity contribution in [2.24, 2.45) is 0 Å². The van der Waals surface area contributed by atoms with Crippen molar-refractivity contribution < 1.29 is 14.1 Å². The number of halogens is 2. The number of carbonyl (C=O) groups is 1. The molecule has 20 heavy (non-hydrogen) atoms. The first-order chi connectivity index (χ1) is 9.47. The molecular weight excluding hydrogens is 378 g/mol. The highest BCUT2D eigenvalue weighted by Crippen LogP contribution is 2.21. The molecule has 0 aliphatic rings. The van der Waals surface area contributed by atoms with E-state index in [2.05, 4.69) is 27.9 Å². The zero-order chi connectivity index (χ0) is 14.7. The van der Waals surface area contributed by atoms with Crippen molar-refractivity contribution in [2.75, 3.05) is 5.32 Å². The number of hydrogen-bond donors (Lipinski definition) is 1. The fourth-order valence-corrected chi connectivity index (χ4v) is 1.94. The molecule has 0 saturated heterocycles. The Morgan fingerprint density at radius 1 is 1.20 bits per heavy atom. The smallest absolute Gasteiger partial charge is 0.282 e. The maximum Gasteiger partial charge on any atom is 0.282 e. The van der Waals surface area contributed by atoms with E-state index in [0.29, 0.717) is 5.69 Å². The predicted molar refractivity (Wildman–Crippen MR) is 80.2 cm³/mol. The van der Waals surface area contributed by atoms with Crippen molar-refractivity contribution in [1.82, 2.24) is 0 Å². The van der Waals surface area contributed by atoms with Gasteiger partial charge in [-0.3, -0.25) is 14.9 Å². The molecule has 102 valence electrons. The Balaban J connectivity index is 2.31. The third-order valence-electron chi connectivity index (χ3n) is 2.50. The molecule has 0 aliphatic heterocycles. The third-order valence-corrected chi connectivity index (χ3v) is 3.22. The highest BCUT2D eigenvalue weighted by molar-refractivity contribution is 14.1. The second-order valence-electron chi connectivity index (χ2n) is 3.88. The van der Waals surface area contributed by atoms with E-state index in [1.54, 1.807) is 24.3 Å². The molecule has 0 heterocycles. The van der Waals surface area contributed by atoms with Crippen LogP contribution in [0.2, 0.25) is 0 Å². The van der Waals surface area contributed by atoms with Gasteiger partial charge in [0, 0.05) is 15.3 Å². The molecule has 0 aromatic heterocycles. The molecule has 0 bridgehead atoms. The summed E-state index contributed by atoms with van der Waals surface area (Å²) in [5.74, 6) is -1.43. The van der Waals surface area contributed by atoms with E-state index in [0.717, 1.165) is 21.8 Å². The number of nitrogens with zero attached hydrogens (tertiary/aromatic N) is 1. The topological polar surface area (TPSA) is 72.2 Å². The summed E-state index contributed by atoms with van der Waals surface area (Å²) in [5.41, 5.74) is -0.267. The van der Waals surface area contributed by atoms with Gasteiger partial charge in [-0.05, 0) is 59.0 Å². The van der Waals surface area contributed by atoms with E-state index in [4.69, 9.17) is 0 Å². The van der Waals surface area contributed by atoms with E-state index < -0.39 is 22.3 Å². The van der Waals surface area contributed by atoms with Crippen molar-refractivity contribution in [3.63, 3.8) is 0 Å². The minimum Gasteiger partial charge on any atom is -0.322 e. The van der Waals surface area contributed by atoms with Crippen LogP contribution in [0.15, 0.2) is 42.5 Å². The van der Waals surface area contributed by atoms with Crippen LogP contribution in [-0.4, -0.2) is 10.8 Å². The second kappa shape index (κ2) is 5.95. The molecule has 2 aromatic rings. The van der Waals surface area contributed by atoms with Crippen molar-refractivity contribution in [3.05, 3.63) is 67.5 Å². The lowest BCUT2D eigenvalue weighted by atomic mass is 10.1. The van der Waals surface area contributed by atoms with Crippen molar-refractivity contribution in [3.8, 4) is 0 Å². The molecule has 2 aromatic carbocycles. The Bertz CT molecular complexity index is 674. The molecule has 0 radical (unpaired) electrons. The van der Waals surface area contributed by atoms with Gasteiger partial charge < -0.3 is 5.32 Å². The number of nitro groups is 1. The standard InChI is InChI=1S/C13H8FIN2O3/c14-8-1-6-12(17(19)20)11(7-8)13(18)16-10-4-2-9(15)3-5-10/h1-7H,(H,16,18). The van der Waals surface area contributed by atoms with Gasteiger partial charge in [0.15, 0.2) is 0 Å². The van der Waals surface area contributed by atoms with Crippen LogP contribution >= 0.6 is 22.6 Å². The van der Waals surface area contributed by atoms with Crippen molar-refractivity contribution >= 4 is 39.9 Å². The summed E-state index contributed by atoms with van der Waals surface area (Å²) in [6, 6.07) is 9.63. The lowest BCUT2D eigenvalue weighted by Crippen LogP contribution is -2.14. The van der Waals surface area contributed by atoms with Gasteiger partial charge in [0.2, 0.25) is 0 Å². The third kappa shape index (κ3) is 3.29. The minimum atomic E-state index is -0.725. The highest BCUT2D eigenvalue weighted by atomic mass is 127. The fourth-order valence-electron chi connectivity index (χ4n) is 1.58. The van der Waals surface area contributed by atoms with Gasteiger partial charge in [0.05, 0.1) is 4.92 Å². The Labute approximate surface area is 127 Å². The van der Waals surface area contributed by atoms with Crippen LogP contribution in [0.4, 0.5) is 15.8 Å². The van der Waals surface area contributed by atoms with Crippen molar-refractivity contribution in [1.29, 1.82) is 0 Å². The number of benzene rings is 2. The number of carbonyl (C=O) groups excluding carboxylic acids is 1. The SMILES string of the molecule is O=C(Nc1ccc(I)cc1)c1cc(F)ccc1[N+](=O)[O-]. The predicted octanol–water partition coefficient (Wildman–Crippen LogP) is 3.59. The average Bonchev–Trinajstić information content (AvgIpc) is 2.41. The number of anilines is 1. The first-order valence-electron chi connectivity index (χ1n) is 5.48. The molecule has 5 nitrogen and oxygen atoms in total. The lowest BCUT2D eigenvalue weighted by molar-refractivity contribution is -0.385. The maximum atomic E-state index is 13.2. The van der Waals surface area contributed by atoms with Gasteiger partial charge in [-0.15, -0.1) is 0 Å². The molecule has 0 spiro atoms. The number of rotatable bonds is 3. The molecule has 7 heteroatoms. The summed E-state index contributed by atoms with van der Waals surface area (Å²) >= 11 is 2.11. The Morgan fingerprint density at radius 2 is 1.85 bits per heavy atom. The molecular formula is C13H8FIN2O3. The lowest BCUT2D eigenvalue weighted by Gasteiger charge is -2.06. The van der Waals surface area contributed by atoms with Gasteiger partial charge in [-0.25, -0.2) is 4.39 Å². The summed E-state index contributed by atoms with van der Waals surface area (Å²) in [7, 11) is 0. The normalized spacial score (nSPS) is 10.1. The van der Waals surface area contributed by atoms with Crippen LogP contribution in [0.5, 0.6) is 0 Å². The number of nitro benzene ring substituents is 1. The molecule has 0 saturated carbocycles. The van der Waals surface area contributed by atoms with Crippen LogP contribution in [-0.2, 0) is 0 Å². The molecule has 0 atom stereocenters. The van der Waals surface area contributed by atoms with Crippen LogP contribution in [0.1, 0.15) is 10.4 Å². The Morgan fingerprint density at radius 3 is 2.45 bits per heavy atom. The van der Waals surface area contributed by atoms with Gasteiger partial charge in [0.1, 0.15) is 11.4 Å². The first-order valence-corrected chi connectivity index (χ1v) is 6.56. The minimum absolute atomic E-state index is 0.312. The first kappa shape index (κ1) is 14.4. The number of amides is 1. The summed E-state index contributed by atoms with van der Waals surface area (Å²) in [6.07, 6.45) is 0. The van der Waals surface area contributed by atoms with Crippen LogP contribution in [0.3, 0.4) is 0 Å². The van der Waals surface area contributed by atoms with Crippen molar-refractivity contribution in [2.45, 2.75) is 0 Å². The fraction of sp³-hybridized carbons (Fsp3) is 0. The highest BCUT2D eigenvalue weighted by Gasteiger charge is 2.20. The zero-order valence-corrected chi connectivity index (χ0v) is 12.1. The maximum absolute atomic E-state index is 13.2. The Hall–Kier alpha value is -2.03. The van der Waals surface area contributed by atoms with E-state index in [1.807, 2.05) is 0 Å². The quantitative estimate of drug-likeness (QED) is 0.498. The largest absolute Gasteiger partial charge is 0.322 e. The second-order valence-corrected chi connectivity index (χ2v) is 5.13. The van der Waals surface area contributed by atoms with Gasteiger partial charge in [-0.1, -0.05) is 0 Å².